The van der Waals surface area contributed by atoms with Gasteiger partial charge in [0.2, 0.25) is 0 Å². The Kier molecular flexibility index (Phi) is 5.76. The van der Waals surface area contributed by atoms with Crippen molar-refractivity contribution in [2.24, 2.45) is 0 Å². The summed E-state index contributed by atoms with van der Waals surface area (Å²) in [6.45, 7) is 3.86. The molecule has 0 aliphatic carbocycles. The Bertz CT molecular complexity index is 693. The number of methoxy groups -OCH3 is 1. The van der Waals surface area contributed by atoms with Crippen LogP contribution in [0.25, 0.3) is 0 Å². The Morgan fingerprint density at radius 1 is 1.12 bits per heavy atom. The van der Waals surface area contributed by atoms with Crippen LogP contribution in [-0.4, -0.2) is 33.8 Å². The molecule has 126 valence electrons. The maximum Gasteiger partial charge on any atom is 0.138 e. The average molecular weight is 359 g/mol. The smallest absolute Gasteiger partial charge is 0.138 e. The molecule has 24 heavy (non-hydrogen) atoms. The Morgan fingerprint density at radius 2 is 1.83 bits per heavy atom. The largest absolute Gasteiger partial charge is 0.496 e. The van der Waals surface area contributed by atoms with Crippen molar-refractivity contribution in [1.29, 1.82) is 0 Å². The van der Waals surface area contributed by atoms with E-state index in [-0.39, 0.29) is 0 Å². The van der Waals surface area contributed by atoms with E-state index in [1.807, 2.05) is 18.2 Å². The Hall–Kier alpha value is -1.56. The molecule has 1 unspecified atom stereocenters. The molecule has 1 atom stereocenters. The molecule has 0 saturated carbocycles. The van der Waals surface area contributed by atoms with E-state index in [9.17, 15) is 0 Å². The lowest BCUT2D eigenvalue weighted by Gasteiger charge is -2.40. The summed E-state index contributed by atoms with van der Waals surface area (Å²) in [5.74, 6) is 1.84. The van der Waals surface area contributed by atoms with E-state index in [0.29, 0.717) is 6.04 Å². The Labute approximate surface area is 153 Å². The maximum absolute atomic E-state index is 5.58. The first-order valence-corrected chi connectivity index (χ1v) is 9.41. The summed E-state index contributed by atoms with van der Waals surface area (Å²) in [6, 6.07) is 19.1. The number of benzene rings is 2. The van der Waals surface area contributed by atoms with Crippen molar-refractivity contribution in [2.75, 3.05) is 19.7 Å². The highest BCUT2D eigenvalue weighted by Crippen LogP contribution is 2.30. The molecule has 1 heterocycles. The topological polar surface area (TPSA) is 15.7 Å². The normalized spacial score (nSPS) is 16.9. The standard InChI is InChI=1S/C19H22N2OS2/c1-15(16-8-4-3-5-9-16)21-13-20(19(23)24-14-21)12-17-10-6-7-11-18(17)22-2/h3-11,15H,12-14H2,1-2H3. The SMILES string of the molecule is COc1ccccc1CN1CN(C(C)c2ccccc2)CSC1=S. The van der Waals surface area contributed by atoms with Gasteiger partial charge in [0.25, 0.3) is 0 Å². The van der Waals surface area contributed by atoms with Crippen LogP contribution in [0.1, 0.15) is 24.1 Å². The summed E-state index contributed by atoms with van der Waals surface area (Å²) in [5.41, 5.74) is 2.50. The Morgan fingerprint density at radius 3 is 2.58 bits per heavy atom. The summed E-state index contributed by atoms with van der Waals surface area (Å²) in [7, 11) is 1.71. The molecule has 5 heteroatoms. The summed E-state index contributed by atoms with van der Waals surface area (Å²) in [4.78, 5) is 4.70. The molecular weight excluding hydrogens is 336 g/mol. The van der Waals surface area contributed by atoms with Crippen molar-refractivity contribution in [3.05, 3.63) is 65.7 Å². The van der Waals surface area contributed by atoms with Crippen molar-refractivity contribution in [2.45, 2.75) is 19.5 Å². The minimum Gasteiger partial charge on any atom is -0.496 e. The molecule has 1 aliphatic rings. The van der Waals surface area contributed by atoms with Gasteiger partial charge in [0.15, 0.2) is 0 Å². The van der Waals surface area contributed by atoms with Gasteiger partial charge in [-0.15, -0.1) is 0 Å². The van der Waals surface area contributed by atoms with Gasteiger partial charge >= 0.3 is 0 Å². The molecule has 3 rings (SSSR count). The van der Waals surface area contributed by atoms with E-state index in [1.165, 1.54) is 5.56 Å². The molecule has 1 saturated heterocycles. The predicted octanol–water partition coefficient (Wildman–Crippen LogP) is 4.51. The van der Waals surface area contributed by atoms with E-state index >= 15 is 0 Å². The molecule has 0 bridgehead atoms. The fourth-order valence-corrected chi connectivity index (χ4v) is 4.04. The third-order valence-electron chi connectivity index (χ3n) is 4.35. The van der Waals surface area contributed by atoms with Gasteiger partial charge in [0, 0.05) is 18.2 Å². The summed E-state index contributed by atoms with van der Waals surface area (Å²) < 4.78 is 6.43. The van der Waals surface area contributed by atoms with Crippen LogP contribution in [0, 0.1) is 0 Å². The molecule has 0 spiro atoms. The highest BCUT2D eigenvalue weighted by atomic mass is 32.2. The van der Waals surface area contributed by atoms with Gasteiger partial charge in [0.1, 0.15) is 10.1 Å². The number of hydrogen-bond donors (Lipinski definition) is 0. The van der Waals surface area contributed by atoms with Gasteiger partial charge in [-0.1, -0.05) is 72.5 Å². The van der Waals surface area contributed by atoms with Crippen LogP contribution in [-0.2, 0) is 6.54 Å². The van der Waals surface area contributed by atoms with Gasteiger partial charge in [-0.05, 0) is 18.6 Å². The second-order valence-electron chi connectivity index (χ2n) is 5.87. The second-order valence-corrected chi connectivity index (χ2v) is 7.44. The minimum absolute atomic E-state index is 0.363. The van der Waals surface area contributed by atoms with Gasteiger partial charge in [-0.3, -0.25) is 4.90 Å². The highest BCUT2D eigenvalue weighted by molar-refractivity contribution is 8.22. The summed E-state index contributed by atoms with van der Waals surface area (Å²) >= 11 is 7.32. The van der Waals surface area contributed by atoms with Gasteiger partial charge < -0.3 is 9.64 Å². The maximum atomic E-state index is 5.58. The van der Waals surface area contributed by atoms with Gasteiger partial charge in [-0.2, -0.15) is 0 Å². The van der Waals surface area contributed by atoms with Crippen molar-refractivity contribution in [3.63, 3.8) is 0 Å². The van der Waals surface area contributed by atoms with Crippen molar-refractivity contribution in [1.82, 2.24) is 9.80 Å². The fraction of sp³-hybridized carbons (Fsp3) is 0.316. The van der Waals surface area contributed by atoms with Crippen LogP contribution in [0.3, 0.4) is 0 Å². The van der Waals surface area contributed by atoms with E-state index in [1.54, 1.807) is 18.9 Å². The van der Waals surface area contributed by atoms with E-state index in [0.717, 1.165) is 34.7 Å². The van der Waals surface area contributed by atoms with Crippen LogP contribution in [0.15, 0.2) is 54.6 Å². The number of thioether (sulfide) groups is 1. The molecule has 1 aliphatic heterocycles. The molecule has 3 nitrogen and oxygen atoms in total. The van der Waals surface area contributed by atoms with Gasteiger partial charge in [-0.25, -0.2) is 0 Å². The fourth-order valence-electron chi connectivity index (χ4n) is 2.88. The molecule has 2 aromatic rings. The zero-order chi connectivity index (χ0) is 16.9. The summed E-state index contributed by atoms with van der Waals surface area (Å²) in [6.07, 6.45) is 0. The first kappa shape index (κ1) is 17.3. The quantitative estimate of drug-likeness (QED) is 0.729. The third-order valence-corrected chi connectivity index (χ3v) is 5.93. The lowest BCUT2D eigenvalue weighted by molar-refractivity contribution is 0.162. The number of ether oxygens (including phenoxy) is 1. The highest BCUT2D eigenvalue weighted by Gasteiger charge is 2.26. The lowest BCUT2D eigenvalue weighted by atomic mass is 10.1. The zero-order valence-electron chi connectivity index (χ0n) is 14.0. The average Bonchev–Trinajstić information content (AvgIpc) is 2.64. The lowest BCUT2D eigenvalue weighted by Crippen LogP contribution is -2.45. The van der Waals surface area contributed by atoms with Crippen molar-refractivity contribution >= 4 is 28.3 Å². The van der Waals surface area contributed by atoms with E-state index < -0.39 is 0 Å². The van der Waals surface area contributed by atoms with Crippen molar-refractivity contribution in [3.8, 4) is 5.75 Å². The van der Waals surface area contributed by atoms with E-state index in [4.69, 9.17) is 17.0 Å². The van der Waals surface area contributed by atoms with Crippen LogP contribution in [0.2, 0.25) is 0 Å². The molecular formula is C19H22N2OS2. The summed E-state index contributed by atoms with van der Waals surface area (Å²) in [5, 5.41) is 0. The number of para-hydroxylation sites is 1. The number of nitrogens with zero attached hydrogens (tertiary/aromatic N) is 2. The van der Waals surface area contributed by atoms with Crippen LogP contribution in [0.4, 0.5) is 0 Å². The number of thiocarbonyl (C=S) groups is 1. The predicted molar refractivity (Wildman–Crippen MR) is 105 cm³/mol. The monoisotopic (exact) mass is 358 g/mol. The van der Waals surface area contributed by atoms with Crippen LogP contribution in [0.5, 0.6) is 5.75 Å². The molecule has 0 amide bonds. The van der Waals surface area contributed by atoms with Crippen LogP contribution < -0.4 is 4.74 Å². The van der Waals surface area contributed by atoms with Crippen molar-refractivity contribution < 1.29 is 4.74 Å². The molecule has 2 aromatic carbocycles. The third kappa shape index (κ3) is 3.91. The van der Waals surface area contributed by atoms with Crippen LogP contribution >= 0.6 is 24.0 Å². The van der Waals surface area contributed by atoms with E-state index in [2.05, 4.69) is 53.1 Å². The number of hydrogen-bond acceptors (Lipinski definition) is 4. The first-order valence-electron chi connectivity index (χ1n) is 8.01. The molecule has 1 fully saturated rings. The second kappa shape index (κ2) is 8.01. The van der Waals surface area contributed by atoms with Gasteiger partial charge in [0.05, 0.1) is 19.7 Å². The zero-order valence-corrected chi connectivity index (χ0v) is 15.6. The minimum atomic E-state index is 0.363. The molecule has 0 radical (unpaired) electrons. The molecule has 0 aromatic heterocycles. The molecule has 0 N–H and O–H groups in total. The number of rotatable bonds is 5. The Balaban J connectivity index is 1.73. The first-order chi connectivity index (χ1) is 11.7.